The summed E-state index contributed by atoms with van der Waals surface area (Å²) in [5.74, 6) is -1.82. The van der Waals surface area contributed by atoms with Gasteiger partial charge in [0.25, 0.3) is 11.5 Å². The smallest absolute Gasteiger partial charge is 0.265 e. The molecule has 4 aromatic rings. The lowest BCUT2D eigenvalue weighted by Gasteiger charge is -2.16. The number of halogens is 2. The van der Waals surface area contributed by atoms with Crippen LogP contribution in [0.15, 0.2) is 71.5 Å². The first-order valence-corrected chi connectivity index (χ1v) is 9.85. The highest BCUT2D eigenvalue weighted by molar-refractivity contribution is 5.94. The number of carbonyl (C=O) groups excluding carboxylic acids is 1. The fraction of sp³-hybridized carbons (Fsp3) is 0.125. The zero-order chi connectivity index (χ0) is 22.8. The summed E-state index contributed by atoms with van der Waals surface area (Å²) >= 11 is 0. The summed E-state index contributed by atoms with van der Waals surface area (Å²) in [4.78, 5) is 29.8. The lowest BCUT2D eigenvalue weighted by atomic mass is 10.2. The van der Waals surface area contributed by atoms with Gasteiger partial charge >= 0.3 is 0 Å². The number of aromatic nitrogens is 2. The van der Waals surface area contributed by atoms with E-state index in [0.29, 0.717) is 34.2 Å². The Morgan fingerprint density at radius 1 is 1.06 bits per heavy atom. The van der Waals surface area contributed by atoms with E-state index in [1.165, 1.54) is 11.5 Å². The van der Waals surface area contributed by atoms with E-state index >= 15 is 0 Å². The van der Waals surface area contributed by atoms with Crippen LogP contribution in [0.2, 0.25) is 0 Å². The molecule has 4 rings (SSSR count). The van der Waals surface area contributed by atoms with Crippen LogP contribution in [0.25, 0.3) is 16.6 Å². The number of anilines is 1. The van der Waals surface area contributed by atoms with Crippen molar-refractivity contribution < 1.29 is 18.3 Å². The summed E-state index contributed by atoms with van der Waals surface area (Å²) in [7, 11) is 0. The predicted molar refractivity (Wildman–Crippen MR) is 117 cm³/mol. The van der Waals surface area contributed by atoms with Gasteiger partial charge in [-0.05, 0) is 62.4 Å². The van der Waals surface area contributed by atoms with Crippen LogP contribution >= 0.6 is 0 Å². The molecular formula is C24H19F2N3O3. The van der Waals surface area contributed by atoms with E-state index < -0.39 is 23.6 Å². The topological polar surface area (TPSA) is 73.2 Å². The van der Waals surface area contributed by atoms with Gasteiger partial charge in [-0.3, -0.25) is 14.2 Å². The fourth-order valence-corrected chi connectivity index (χ4v) is 3.30. The van der Waals surface area contributed by atoms with Crippen molar-refractivity contribution >= 4 is 22.5 Å². The maximum atomic E-state index is 13.7. The quantitative estimate of drug-likeness (QED) is 0.505. The molecule has 0 bridgehead atoms. The number of carbonyl (C=O) groups is 1. The van der Waals surface area contributed by atoms with Crippen molar-refractivity contribution in [3.05, 3.63) is 94.5 Å². The third kappa shape index (κ3) is 4.20. The van der Waals surface area contributed by atoms with Crippen molar-refractivity contribution in [3.63, 3.8) is 0 Å². The average molecular weight is 435 g/mol. The number of nitrogens with one attached hydrogen (secondary N) is 1. The highest BCUT2D eigenvalue weighted by Gasteiger charge is 2.17. The number of hydrogen-bond donors (Lipinski definition) is 1. The first kappa shape index (κ1) is 21.2. The van der Waals surface area contributed by atoms with Crippen molar-refractivity contribution in [2.24, 2.45) is 0 Å². The zero-order valence-electron chi connectivity index (χ0n) is 17.3. The van der Waals surface area contributed by atoms with Crippen LogP contribution in [0.3, 0.4) is 0 Å². The fourth-order valence-electron chi connectivity index (χ4n) is 3.30. The van der Waals surface area contributed by atoms with Crippen LogP contribution in [0.5, 0.6) is 5.75 Å². The summed E-state index contributed by atoms with van der Waals surface area (Å²) in [6, 6.07) is 16.6. The van der Waals surface area contributed by atoms with Gasteiger partial charge < -0.3 is 10.1 Å². The molecule has 0 saturated heterocycles. The Hall–Kier alpha value is -4.07. The Kier molecular flexibility index (Phi) is 5.68. The summed E-state index contributed by atoms with van der Waals surface area (Å²) < 4.78 is 33.5. The van der Waals surface area contributed by atoms with Crippen molar-refractivity contribution in [2.45, 2.75) is 20.0 Å². The van der Waals surface area contributed by atoms with E-state index in [9.17, 15) is 18.4 Å². The largest absolute Gasteiger partial charge is 0.478 e. The van der Waals surface area contributed by atoms with Gasteiger partial charge in [0.15, 0.2) is 17.7 Å². The van der Waals surface area contributed by atoms with E-state index in [1.807, 2.05) is 6.07 Å². The molecule has 1 unspecified atom stereocenters. The SMILES string of the molecule is Cc1nc2ccccc2c(=O)n1-c1ccc(NC(=O)C(C)Oc2ccc(F)cc2F)cc1. The average Bonchev–Trinajstić information content (AvgIpc) is 2.76. The normalized spacial score (nSPS) is 11.9. The van der Waals surface area contributed by atoms with Gasteiger partial charge in [0.2, 0.25) is 0 Å². The molecule has 162 valence electrons. The van der Waals surface area contributed by atoms with Gasteiger partial charge in [0.1, 0.15) is 11.6 Å². The van der Waals surface area contributed by atoms with E-state index in [1.54, 1.807) is 49.4 Å². The van der Waals surface area contributed by atoms with Gasteiger partial charge in [-0.25, -0.2) is 13.8 Å². The first-order valence-electron chi connectivity index (χ1n) is 9.85. The molecule has 0 aliphatic carbocycles. The number of amides is 1. The zero-order valence-corrected chi connectivity index (χ0v) is 17.3. The van der Waals surface area contributed by atoms with Gasteiger partial charge in [0, 0.05) is 11.8 Å². The number of hydrogen-bond acceptors (Lipinski definition) is 4. The molecule has 32 heavy (non-hydrogen) atoms. The molecule has 1 N–H and O–H groups in total. The van der Waals surface area contributed by atoms with Gasteiger partial charge in [-0.2, -0.15) is 0 Å². The molecule has 0 fully saturated rings. The van der Waals surface area contributed by atoms with Crippen LogP contribution in [0.4, 0.5) is 14.5 Å². The summed E-state index contributed by atoms with van der Waals surface area (Å²) in [6.45, 7) is 3.20. The Labute approximate surface area is 182 Å². The molecule has 6 nitrogen and oxygen atoms in total. The standard InChI is InChI=1S/C24H19F2N3O3/c1-14(32-22-12-7-16(25)13-20(22)26)23(30)28-17-8-10-18(11-9-17)29-15(2)27-21-6-4-3-5-19(21)24(29)31/h3-14H,1-2H3,(H,28,30). The minimum Gasteiger partial charge on any atom is -0.478 e. The van der Waals surface area contributed by atoms with Crippen LogP contribution in [-0.4, -0.2) is 21.6 Å². The lowest BCUT2D eigenvalue weighted by molar-refractivity contribution is -0.122. The number of benzene rings is 3. The van der Waals surface area contributed by atoms with Gasteiger partial charge in [-0.1, -0.05) is 12.1 Å². The van der Waals surface area contributed by atoms with E-state index in [4.69, 9.17) is 4.74 Å². The monoisotopic (exact) mass is 435 g/mol. The van der Waals surface area contributed by atoms with E-state index in [0.717, 1.165) is 12.1 Å². The van der Waals surface area contributed by atoms with E-state index in [2.05, 4.69) is 10.3 Å². The minimum absolute atomic E-state index is 0.187. The van der Waals surface area contributed by atoms with Crippen molar-refractivity contribution in [2.75, 3.05) is 5.32 Å². The van der Waals surface area contributed by atoms with Crippen molar-refractivity contribution in [1.29, 1.82) is 0 Å². The molecule has 3 aromatic carbocycles. The Bertz CT molecular complexity index is 1370. The number of para-hydroxylation sites is 1. The summed E-state index contributed by atoms with van der Waals surface area (Å²) in [6.07, 6.45) is -1.02. The Balaban J connectivity index is 1.51. The maximum Gasteiger partial charge on any atom is 0.265 e. The summed E-state index contributed by atoms with van der Waals surface area (Å²) in [5, 5.41) is 3.18. The third-order valence-electron chi connectivity index (χ3n) is 4.90. The van der Waals surface area contributed by atoms with Gasteiger partial charge in [0.05, 0.1) is 16.6 Å². The van der Waals surface area contributed by atoms with Crippen molar-refractivity contribution in [3.8, 4) is 11.4 Å². The van der Waals surface area contributed by atoms with Crippen LogP contribution in [0.1, 0.15) is 12.7 Å². The molecule has 0 saturated carbocycles. The molecule has 8 heteroatoms. The van der Waals surface area contributed by atoms with Crippen LogP contribution < -0.4 is 15.6 Å². The molecule has 0 aliphatic rings. The number of nitrogens with zero attached hydrogens (tertiary/aromatic N) is 2. The highest BCUT2D eigenvalue weighted by Crippen LogP contribution is 2.20. The molecule has 1 aromatic heterocycles. The second kappa shape index (κ2) is 8.58. The molecule has 1 heterocycles. The molecule has 1 atom stereocenters. The number of aryl methyl sites for hydroxylation is 1. The van der Waals surface area contributed by atoms with Gasteiger partial charge in [-0.15, -0.1) is 0 Å². The molecular weight excluding hydrogens is 416 g/mol. The minimum atomic E-state index is -1.02. The Morgan fingerprint density at radius 3 is 2.50 bits per heavy atom. The molecule has 0 aliphatic heterocycles. The highest BCUT2D eigenvalue weighted by atomic mass is 19.1. The number of fused-ring (bicyclic) bond motifs is 1. The first-order chi connectivity index (χ1) is 15.3. The number of ether oxygens (including phenoxy) is 1. The molecule has 0 radical (unpaired) electrons. The third-order valence-corrected chi connectivity index (χ3v) is 4.90. The molecule has 0 spiro atoms. The Morgan fingerprint density at radius 2 is 1.78 bits per heavy atom. The summed E-state index contributed by atoms with van der Waals surface area (Å²) in [5.41, 5.74) is 1.50. The lowest BCUT2D eigenvalue weighted by Crippen LogP contribution is -2.30. The second-order valence-corrected chi connectivity index (χ2v) is 7.19. The van der Waals surface area contributed by atoms with E-state index in [-0.39, 0.29) is 11.3 Å². The molecule has 1 amide bonds. The maximum absolute atomic E-state index is 13.7. The number of rotatable bonds is 5. The van der Waals surface area contributed by atoms with Crippen LogP contribution in [0, 0.1) is 18.6 Å². The van der Waals surface area contributed by atoms with Crippen molar-refractivity contribution in [1.82, 2.24) is 9.55 Å². The predicted octanol–water partition coefficient (Wildman–Crippen LogP) is 4.38. The van der Waals surface area contributed by atoms with Crippen LogP contribution in [-0.2, 0) is 4.79 Å². The second-order valence-electron chi connectivity index (χ2n) is 7.19.